The van der Waals surface area contributed by atoms with E-state index in [-0.39, 0.29) is 5.92 Å². The number of nitrogens with zero attached hydrogens (tertiary/aromatic N) is 1. The van der Waals surface area contributed by atoms with Crippen LogP contribution in [-0.2, 0) is 11.2 Å². The Balaban J connectivity index is 2.21. The highest BCUT2D eigenvalue weighted by atomic mass is 16.4. The Hall–Kier alpha value is -1.35. The fraction of sp³-hybridized carbons (Fsp3) is 0.562. The standard InChI is InChI=1S/C16H25NO2/c1-3-17(13-14(2)16(18)19)12-8-7-11-15-9-5-4-6-10-15/h4-6,9-10,14H,3,7-8,11-13H2,1-2H3,(H,18,19). The van der Waals surface area contributed by atoms with Crippen molar-refractivity contribution in [1.29, 1.82) is 0 Å². The predicted molar refractivity (Wildman–Crippen MR) is 78.3 cm³/mol. The van der Waals surface area contributed by atoms with E-state index in [1.165, 1.54) is 5.56 Å². The third-order valence-electron chi connectivity index (χ3n) is 3.43. The molecule has 106 valence electrons. The summed E-state index contributed by atoms with van der Waals surface area (Å²) >= 11 is 0. The van der Waals surface area contributed by atoms with Crippen molar-refractivity contribution in [3.05, 3.63) is 35.9 Å². The van der Waals surface area contributed by atoms with Gasteiger partial charge in [-0.25, -0.2) is 0 Å². The Morgan fingerprint density at radius 2 is 1.95 bits per heavy atom. The maximum atomic E-state index is 10.8. The van der Waals surface area contributed by atoms with Crippen molar-refractivity contribution in [1.82, 2.24) is 4.90 Å². The largest absolute Gasteiger partial charge is 0.481 e. The third kappa shape index (κ3) is 6.39. The zero-order chi connectivity index (χ0) is 14.1. The molecule has 0 aliphatic heterocycles. The minimum Gasteiger partial charge on any atom is -0.481 e. The van der Waals surface area contributed by atoms with Crippen LogP contribution in [0, 0.1) is 5.92 Å². The molecule has 0 bridgehead atoms. The summed E-state index contributed by atoms with van der Waals surface area (Å²) in [5.41, 5.74) is 1.38. The lowest BCUT2D eigenvalue weighted by Crippen LogP contribution is -2.32. The first-order chi connectivity index (χ1) is 9.13. The number of aryl methyl sites for hydroxylation is 1. The monoisotopic (exact) mass is 263 g/mol. The maximum Gasteiger partial charge on any atom is 0.307 e. The van der Waals surface area contributed by atoms with Crippen LogP contribution in [0.5, 0.6) is 0 Å². The molecule has 1 atom stereocenters. The van der Waals surface area contributed by atoms with Crippen molar-refractivity contribution >= 4 is 5.97 Å². The zero-order valence-corrected chi connectivity index (χ0v) is 12.0. The molecule has 0 fully saturated rings. The molecule has 0 aliphatic rings. The molecule has 1 N–H and O–H groups in total. The number of unbranched alkanes of at least 4 members (excludes halogenated alkanes) is 1. The van der Waals surface area contributed by atoms with E-state index >= 15 is 0 Å². The number of carbonyl (C=O) groups is 1. The second kappa shape index (κ2) is 8.70. The second-order valence-electron chi connectivity index (χ2n) is 5.08. The Bertz CT molecular complexity index is 364. The van der Waals surface area contributed by atoms with Gasteiger partial charge in [0.1, 0.15) is 0 Å². The molecule has 3 nitrogen and oxygen atoms in total. The first-order valence-electron chi connectivity index (χ1n) is 7.12. The summed E-state index contributed by atoms with van der Waals surface area (Å²) < 4.78 is 0. The molecule has 0 aliphatic carbocycles. The van der Waals surface area contributed by atoms with E-state index < -0.39 is 5.97 Å². The summed E-state index contributed by atoms with van der Waals surface area (Å²) in [5, 5.41) is 8.92. The van der Waals surface area contributed by atoms with Gasteiger partial charge in [-0.3, -0.25) is 4.79 Å². The average Bonchev–Trinajstić information content (AvgIpc) is 2.43. The smallest absolute Gasteiger partial charge is 0.307 e. The zero-order valence-electron chi connectivity index (χ0n) is 12.0. The minimum absolute atomic E-state index is 0.283. The number of hydrogen-bond acceptors (Lipinski definition) is 2. The molecular weight excluding hydrogens is 238 g/mol. The molecule has 0 amide bonds. The van der Waals surface area contributed by atoms with Crippen LogP contribution in [0.4, 0.5) is 0 Å². The van der Waals surface area contributed by atoms with Gasteiger partial charge in [-0.15, -0.1) is 0 Å². The van der Waals surface area contributed by atoms with Crippen LogP contribution in [0.25, 0.3) is 0 Å². The van der Waals surface area contributed by atoms with Crippen LogP contribution in [0.15, 0.2) is 30.3 Å². The van der Waals surface area contributed by atoms with Gasteiger partial charge in [0.25, 0.3) is 0 Å². The van der Waals surface area contributed by atoms with Crippen molar-refractivity contribution in [2.75, 3.05) is 19.6 Å². The van der Waals surface area contributed by atoms with E-state index in [4.69, 9.17) is 5.11 Å². The van der Waals surface area contributed by atoms with Crippen molar-refractivity contribution < 1.29 is 9.90 Å². The quantitative estimate of drug-likeness (QED) is 0.696. The van der Waals surface area contributed by atoms with Gasteiger partial charge in [0.15, 0.2) is 0 Å². The SMILES string of the molecule is CCN(CCCCc1ccccc1)CC(C)C(=O)O. The molecule has 1 rings (SSSR count). The molecule has 1 aromatic carbocycles. The number of rotatable bonds is 9. The summed E-state index contributed by atoms with van der Waals surface area (Å²) in [5.74, 6) is -0.989. The molecule has 0 saturated heterocycles. The normalized spacial score (nSPS) is 12.6. The van der Waals surface area contributed by atoms with Crippen molar-refractivity contribution in [2.45, 2.75) is 33.1 Å². The van der Waals surface area contributed by atoms with Gasteiger partial charge < -0.3 is 10.0 Å². The highest BCUT2D eigenvalue weighted by molar-refractivity contribution is 5.69. The third-order valence-corrected chi connectivity index (χ3v) is 3.43. The van der Waals surface area contributed by atoms with Gasteiger partial charge >= 0.3 is 5.97 Å². The van der Waals surface area contributed by atoms with Crippen molar-refractivity contribution in [3.63, 3.8) is 0 Å². The fourth-order valence-corrected chi connectivity index (χ4v) is 2.15. The summed E-state index contributed by atoms with van der Waals surface area (Å²) in [6.07, 6.45) is 3.38. The van der Waals surface area contributed by atoms with Crippen molar-refractivity contribution in [2.24, 2.45) is 5.92 Å². The number of hydrogen-bond donors (Lipinski definition) is 1. The Kier molecular flexibility index (Phi) is 7.19. The topological polar surface area (TPSA) is 40.5 Å². The highest BCUT2D eigenvalue weighted by Gasteiger charge is 2.14. The van der Waals surface area contributed by atoms with Crippen LogP contribution < -0.4 is 0 Å². The van der Waals surface area contributed by atoms with Crippen LogP contribution in [0.2, 0.25) is 0 Å². The fourth-order valence-electron chi connectivity index (χ4n) is 2.15. The second-order valence-corrected chi connectivity index (χ2v) is 5.08. The van der Waals surface area contributed by atoms with Crippen LogP contribution in [-0.4, -0.2) is 35.6 Å². The summed E-state index contributed by atoms with van der Waals surface area (Å²) in [4.78, 5) is 13.1. The Morgan fingerprint density at radius 1 is 1.26 bits per heavy atom. The molecule has 0 spiro atoms. The van der Waals surface area contributed by atoms with Gasteiger partial charge in [-0.05, 0) is 37.9 Å². The Morgan fingerprint density at radius 3 is 2.53 bits per heavy atom. The van der Waals surface area contributed by atoms with Gasteiger partial charge in [-0.2, -0.15) is 0 Å². The van der Waals surface area contributed by atoms with Crippen LogP contribution >= 0.6 is 0 Å². The Labute approximate surface area is 116 Å². The summed E-state index contributed by atoms with van der Waals surface area (Å²) in [6, 6.07) is 10.5. The highest BCUT2D eigenvalue weighted by Crippen LogP contribution is 2.07. The predicted octanol–water partition coefficient (Wildman–Crippen LogP) is 3.05. The molecule has 3 heteroatoms. The molecule has 1 unspecified atom stereocenters. The number of benzene rings is 1. The van der Waals surface area contributed by atoms with Gasteiger partial charge in [0, 0.05) is 6.54 Å². The first-order valence-corrected chi connectivity index (χ1v) is 7.12. The first kappa shape index (κ1) is 15.7. The number of carboxylic acids is 1. The molecular formula is C16H25NO2. The minimum atomic E-state index is -0.706. The summed E-state index contributed by atoms with van der Waals surface area (Å²) in [7, 11) is 0. The van der Waals surface area contributed by atoms with Gasteiger partial charge in [0.2, 0.25) is 0 Å². The van der Waals surface area contributed by atoms with Gasteiger partial charge in [-0.1, -0.05) is 44.2 Å². The van der Waals surface area contributed by atoms with Gasteiger partial charge in [0.05, 0.1) is 5.92 Å². The van der Waals surface area contributed by atoms with E-state index in [1.807, 2.05) is 6.07 Å². The lowest BCUT2D eigenvalue weighted by Gasteiger charge is -2.22. The number of aliphatic carboxylic acids is 1. The molecule has 19 heavy (non-hydrogen) atoms. The van der Waals surface area contributed by atoms with Crippen molar-refractivity contribution in [3.8, 4) is 0 Å². The average molecular weight is 263 g/mol. The maximum absolute atomic E-state index is 10.8. The van der Waals surface area contributed by atoms with Crippen LogP contribution in [0.3, 0.4) is 0 Å². The molecule has 0 saturated carbocycles. The van der Waals surface area contributed by atoms with E-state index in [1.54, 1.807) is 6.92 Å². The molecule has 1 aromatic rings. The van der Waals surface area contributed by atoms with E-state index in [0.29, 0.717) is 6.54 Å². The molecule has 0 heterocycles. The number of carboxylic acid groups (broad SMARTS) is 1. The van der Waals surface area contributed by atoms with Crippen LogP contribution in [0.1, 0.15) is 32.3 Å². The molecule has 0 radical (unpaired) electrons. The van der Waals surface area contributed by atoms with E-state index in [2.05, 4.69) is 36.1 Å². The van der Waals surface area contributed by atoms with E-state index in [9.17, 15) is 4.79 Å². The summed E-state index contributed by atoms with van der Waals surface area (Å²) in [6.45, 7) is 6.42. The molecule has 0 aromatic heterocycles. The lowest BCUT2D eigenvalue weighted by molar-refractivity contribution is -0.141. The van der Waals surface area contributed by atoms with E-state index in [0.717, 1.165) is 32.4 Å². The lowest BCUT2D eigenvalue weighted by atomic mass is 10.1.